The molecule has 0 aromatic rings. The maximum Gasteiger partial charge on any atom is 0.0561 e. The quantitative estimate of drug-likeness (QED) is 0.297. The van der Waals surface area contributed by atoms with E-state index in [1.165, 1.54) is 0 Å². The Morgan fingerprint density at radius 2 is 0.667 bits per heavy atom. The zero-order valence-corrected chi connectivity index (χ0v) is 30.5. The van der Waals surface area contributed by atoms with Crippen molar-refractivity contribution < 1.29 is 1.43 Å². The van der Waals surface area contributed by atoms with Crippen molar-refractivity contribution in [3.8, 4) is 0 Å². The van der Waals surface area contributed by atoms with Crippen LogP contribution in [0.5, 0.6) is 0 Å². The van der Waals surface area contributed by atoms with E-state index in [1.54, 1.807) is 0 Å². The van der Waals surface area contributed by atoms with Crippen LogP contribution in [-0.4, -0.2) is 44.5 Å². The molecule has 0 saturated heterocycles. The van der Waals surface area contributed by atoms with Gasteiger partial charge in [-0.25, -0.2) is 0 Å². The largest absolute Gasteiger partial charge is 0.0705 e. The van der Waals surface area contributed by atoms with Crippen molar-refractivity contribution in [2.75, 3.05) is 0 Å². The Bertz CT molecular complexity index is 462. The smallest absolute Gasteiger partial charge is 0.0561 e. The first-order valence-electron chi connectivity index (χ1n) is 11.8. The molecule has 0 aliphatic carbocycles. The molecular weight excluding hydrogens is 466 g/mol. The van der Waals surface area contributed by atoms with Crippen LogP contribution in [0.25, 0.3) is 0 Å². The summed E-state index contributed by atoms with van der Waals surface area (Å²) in [7, 11) is -2.16. The van der Waals surface area contributed by atoms with E-state index < -0.39 is 15.9 Å². The molecule has 0 saturated carbocycles. The van der Waals surface area contributed by atoms with Gasteiger partial charge in [0.1, 0.15) is 0 Å². The number of hydrogen-bond acceptors (Lipinski definition) is 0. The number of hydrogen-bond donors (Lipinski definition) is 0. The van der Waals surface area contributed by atoms with Crippen molar-refractivity contribution in [3.05, 3.63) is 0 Å². The number of rotatable bonds is 1. The summed E-state index contributed by atoms with van der Waals surface area (Å²) in [6.45, 7) is 49.3. The Morgan fingerprint density at radius 3 is 0.700 bits per heavy atom. The van der Waals surface area contributed by atoms with E-state index in [2.05, 4.69) is 138 Å². The van der Waals surface area contributed by atoms with Crippen LogP contribution in [0.2, 0.25) is 43.3 Å². The van der Waals surface area contributed by atoms with Crippen molar-refractivity contribution in [2.24, 2.45) is 0 Å². The summed E-state index contributed by atoms with van der Waals surface area (Å²) in [6, 6.07) is 0. The molecule has 0 atom stereocenters. The normalized spacial score (nSPS) is 15.0. The van der Waals surface area contributed by atoms with Crippen LogP contribution in [0.1, 0.15) is 126 Å². The fraction of sp³-hybridized carbons (Fsp3) is 1.00. The molecule has 0 nitrogen and oxygen atoms in total. The van der Waals surface area contributed by atoms with Gasteiger partial charge < -0.3 is 0 Å². The van der Waals surface area contributed by atoms with Gasteiger partial charge >= 0.3 is 0 Å². The predicted octanol–water partition coefficient (Wildman–Crippen LogP) is 10.4. The molecular formula is C26H62GaSi3. The first kappa shape index (κ1) is 35.9. The second-order valence-corrected chi connectivity index (χ2v) is 33.4. The molecule has 0 heterocycles. The van der Waals surface area contributed by atoms with Gasteiger partial charge in [-0.1, -0.05) is 138 Å². The zero-order chi connectivity index (χ0) is 24.7. The maximum atomic E-state index is 2.71. The van der Waals surface area contributed by atoms with Gasteiger partial charge in [-0.2, -0.15) is 0 Å². The molecule has 0 aliphatic heterocycles. The Labute approximate surface area is 213 Å². The van der Waals surface area contributed by atoms with Crippen LogP contribution in [0.4, 0.5) is 0 Å². The molecule has 0 amide bonds. The van der Waals surface area contributed by atoms with Gasteiger partial charge in [-0.3, -0.25) is 0 Å². The Kier molecular flexibility index (Phi) is 12.8. The fourth-order valence-corrected chi connectivity index (χ4v) is 30.4. The molecule has 0 aliphatic rings. The molecule has 0 aromatic carbocycles. The van der Waals surface area contributed by atoms with Crippen molar-refractivity contribution >= 4 is 44.5 Å². The van der Waals surface area contributed by atoms with E-state index in [0.29, 0.717) is 30.2 Å². The average molecular weight is 529 g/mol. The van der Waals surface area contributed by atoms with Crippen molar-refractivity contribution in [3.63, 3.8) is 0 Å². The van der Waals surface area contributed by atoms with E-state index in [1.807, 2.05) is 0 Å². The first-order valence-corrected chi connectivity index (χ1v) is 18.8. The standard InChI is InChI=1S/C17H39Si2.C9H21Si.Ga.H2/c1-14(2,3)18(15(4,5)6)19(13,16(7,8)9)17(10,11)12;1-8(2,3)10(7)9(4,5)6;;/h1-13H3;1-7H3;;1H. The molecule has 5 radical (unpaired) electrons. The fourth-order valence-electron chi connectivity index (χ4n) is 5.62. The average Bonchev–Trinajstić information content (AvgIpc) is 2.29. The van der Waals surface area contributed by atoms with E-state index in [9.17, 15) is 0 Å². The molecule has 0 unspecified atom stereocenters. The molecule has 0 N–H and O–H groups in total. The minimum Gasteiger partial charge on any atom is -0.0705 e. The molecule has 0 fully saturated rings. The van der Waals surface area contributed by atoms with Crippen LogP contribution >= 0.6 is 0 Å². The Balaban J connectivity index is -0.000000260. The van der Waals surface area contributed by atoms with Gasteiger partial charge in [0, 0.05) is 21.2 Å². The summed E-state index contributed by atoms with van der Waals surface area (Å²) >= 11 is 0. The minimum absolute atomic E-state index is 0. The molecule has 0 bridgehead atoms. The van der Waals surface area contributed by atoms with E-state index >= 15 is 0 Å². The molecule has 0 spiro atoms. The maximum absolute atomic E-state index is 2.71. The first-order chi connectivity index (χ1) is 12.0. The summed E-state index contributed by atoms with van der Waals surface area (Å²) in [5.41, 5.74) is 0. The van der Waals surface area contributed by atoms with Crippen molar-refractivity contribution in [1.29, 1.82) is 0 Å². The van der Waals surface area contributed by atoms with Crippen molar-refractivity contribution in [1.82, 2.24) is 0 Å². The summed E-state index contributed by atoms with van der Waals surface area (Å²) < 4.78 is 0. The van der Waals surface area contributed by atoms with E-state index in [4.69, 9.17) is 0 Å². The third-order valence-corrected chi connectivity index (χ3v) is 33.8. The van der Waals surface area contributed by atoms with Gasteiger partial charge in [-0.05, 0) is 30.2 Å². The van der Waals surface area contributed by atoms with E-state index in [0.717, 1.165) is 0 Å². The molecule has 0 aromatic heterocycles. The summed E-state index contributed by atoms with van der Waals surface area (Å²) in [5, 5.41) is 2.93. The second-order valence-electron chi connectivity index (χ2n) is 15.6. The van der Waals surface area contributed by atoms with Crippen LogP contribution < -0.4 is 0 Å². The third-order valence-electron chi connectivity index (χ3n) is 7.25. The van der Waals surface area contributed by atoms with Gasteiger partial charge in [0.25, 0.3) is 0 Å². The Hall–Kier alpha value is 1.29. The van der Waals surface area contributed by atoms with Gasteiger partial charge in [0.05, 0.1) is 24.7 Å². The van der Waals surface area contributed by atoms with Gasteiger partial charge in [0.15, 0.2) is 0 Å². The molecule has 0 rings (SSSR count). The summed E-state index contributed by atoms with van der Waals surface area (Å²) in [6.07, 6.45) is 0. The Morgan fingerprint density at radius 1 is 0.467 bits per heavy atom. The second kappa shape index (κ2) is 10.7. The zero-order valence-electron chi connectivity index (χ0n) is 25.1. The van der Waals surface area contributed by atoms with Crippen LogP contribution in [0.3, 0.4) is 0 Å². The van der Waals surface area contributed by atoms with Gasteiger partial charge in [0.2, 0.25) is 0 Å². The van der Waals surface area contributed by atoms with Gasteiger partial charge in [-0.15, -0.1) is 0 Å². The third kappa shape index (κ3) is 9.65. The van der Waals surface area contributed by atoms with Crippen LogP contribution in [0.15, 0.2) is 0 Å². The predicted molar refractivity (Wildman–Crippen MR) is 155 cm³/mol. The SMILES string of the molecule is CC(C)(C)[Si](C(C)(C)C)[Si](C)(C(C)(C)C)C(C)(C)C.C[Si](C(C)(C)C)C(C)(C)C.[Ga].[HH]. The topological polar surface area (TPSA) is 0 Å². The molecule has 30 heavy (non-hydrogen) atoms. The monoisotopic (exact) mass is 527 g/mol. The van der Waals surface area contributed by atoms with E-state index in [-0.39, 0.29) is 30.0 Å². The molecule has 4 heteroatoms. The van der Waals surface area contributed by atoms with Crippen LogP contribution in [-0.2, 0) is 0 Å². The minimum atomic E-state index is -1.45. The van der Waals surface area contributed by atoms with Crippen molar-refractivity contribution in [2.45, 2.75) is 168 Å². The van der Waals surface area contributed by atoms with Crippen LogP contribution in [0, 0.1) is 0 Å². The summed E-state index contributed by atoms with van der Waals surface area (Å²) in [5.74, 6) is 0. The molecule has 181 valence electrons. The summed E-state index contributed by atoms with van der Waals surface area (Å²) in [4.78, 5) is 0.